The van der Waals surface area contributed by atoms with E-state index in [2.05, 4.69) is 5.48 Å². The lowest BCUT2D eigenvalue weighted by Gasteiger charge is -2.36. The maximum atomic E-state index is 8.60. The third kappa shape index (κ3) is 1.93. The van der Waals surface area contributed by atoms with Crippen LogP contribution in [0.15, 0.2) is 0 Å². The maximum absolute atomic E-state index is 8.60. The van der Waals surface area contributed by atoms with E-state index in [1.165, 1.54) is 0 Å². The molecule has 0 spiro atoms. The Morgan fingerprint density at radius 3 is 1.56 bits per heavy atom. The monoisotopic (exact) mass is 132 g/mol. The second-order valence-corrected chi connectivity index (χ2v) is 3.46. The van der Waals surface area contributed by atoms with Crippen molar-refractivity contribution in [2.24, 2.45) is 5.73 Å². The van der Waals surface area contributed by atoms with E-state index < -0.39 is 11.1 Å². The Labute approximate surface area is 56.2 Å². The molecule has 0 radical (unpaired) electrons. The van der Waals surface area contributed by atoms with Gasteiger partial charge in [0.05, 0.1) is 5.54 Å². The quantitative estimate of drug-likeness (QED) is 0.479. The second-order valence-electron chi connectivity index (χ2n) is 3.46. The molecule has 0 aromatic rings. The molecule has 0 aliphatic carbocycles. The van der Waals surface area contributed by atoms with Crippen molar-refractivity contribution in [2.75, 3.05) is 0 Å². The first-order valence-corrected chi connectivity index (χ1v) is 3.01. The number of hydrogen-bond donors (Lipinski definition) is 3. The summed E-state index contributed by atoms with van der Waals surface area (Å²) in [5, 5.41) is 8.60. The normalized spacial score (nSPS) is 14.0. The van der Waals surface area contributed by atoms with Crippen LogP contribution in [-0.4, -0.2) is 16.3 Å². The van der Waals surface area contributed by atoms with Crippen molar-refractivity contribution in [1.29, 1.82) is 0 Å². The van der Waals surface area contributed by atoms with Crippen molar-refractivity contribution in [3.05, 3.63) is 0 Å². The van der Waals surface area contributed by atoms with Gasteiger partial charge in [-0.1, -0.05) is 0 Å². The molecule has 9 heavy (non-hydrogen) atoms. The molecule has 0 saturated heterocycles. The topological polar surface area (TPSA) is 58.3 Å². The summed E-state index contributed by atoms with van der Waals surface area (Å²) in [6.07, 6.45) is 0. The highest BCUT2D eigenvalue weighted by Crippen LogP contribution is 2.16. The standard InChI is InChI=1S/C6H16N2O/c1-5(2,7)6(3,4)8-9/h8-9H,7H2,1-4H3. The van der Waals surface area contributed by atoms with Crippen LogP contribution >= 0.6 is 0 Å². The minimum atomic E-state index is -0.438. The average Bonchev–Trinajstić information content (AvgIpc) is 1.64. The summed E-state index contributed by atoms with van der Waals surface area (Å²) < 4.78 is 0. The molecule has 0 bridgehead atoms. The number of hydroxylamine groups is 1. The first-order valence-electron chi connectivity index (χ1n) is 3.01. The lowest BCUT2D eigenvalue weighted by Crippen LogP contribution is -2.60. The van der Waals surface area contributed by atoms with Gasteiger partial charge in [-0.05, 0) is 27.7 Å². The minimum absolute atomic E-state index is 0.415. The predicted molar refractivity (Wildman–Crippen MR) is 37.3 cm³/mol. The van der Waals surface area contributed by atoms with Gasteiger partial charge in [0, 0.05) is 5.54 Å². The molecule has 0 rings (SSSR count). The molecule has 0 aromatic heterocycles. The summed E-state index contributed by atoms with van der Waals surface area (Å²) in [5.41, 5.74) is 7.01. The summed E-state index contributed by atoms with van der Waals surface area (Å²) in [6, 6.07) is 0. The van der Waals surface area contributed by atoms with Crippen LogP contribution in [0.1, 0.15) is 27.7 Å². The van der Waals surface area contributed by atoms with E-state index in [0.717, 1.165) is 0 Å². The lowest BCUT2D eigenvalue weighted by atomic mass is 9.84. The SMILES string of the molecule is CC(C)(N)C(C)(C)NO. The van der Waals surface area contributed by atoms with Gasteiger partial charge < -0.3 is 10.9 Å². The van der Waals surface area contributed by atoms with Crippen LogP contribution in [0.25, 0.3) is 0 Å². The Balaban J connectivity index is 4.14. The molecule has 0 aromatic carbocycles. The number of nitrogens with two attached hydrogens (primary N) is 1. The van der Waals surface area contributed by atoms with Gasteiger partial charge in [-0.3, -0.25) is 0 Å². The van der Waals surface area contributed by atoms with Crippen LogP contribution in [0.5, 0.6) is 0 Å². The van der Waals surface area contributed by atoms with E-state index in [0.29, 0.717) is 0 Å². The van der Waals surface area contributed by atoms with Gasteiger partial charge in [0.2, 0.25) is 0 Å². The predicted octanol–water partition coefficient (Wildman–Crippen LogP) is 0.481. The average molecular weight is 132 g/mol. The van der Waals surface area contributed by atoms with Gasteiger partial charge in [-0.25, -0.2) is 0 Å². The van der Waals surface area contributed by atoms with Gasteiger partial charge >= 0.3 is 0 Å². The molecule has 0 unspecified atom stereocenters. The molecule has 0 fully saturated rings. The van der Waals surface area contributed by atoms with E-state index in [1.807, 2.05) is 27.7 Å². The first-order chi connectivity index (χ1) is 3.81. The number of hydrogen-bond acceptors (Lipinski definition) is 3. The van der Waals surface area contributed by atoms with Crippen LogP contribution in [0.4, 0.5) is 0 Å². The summed E-state index contributed by atoms with van der Waals surface area (Å²) >= 11 is 0. The first kappa shape index (κ1) is 8.88. The Kier molecular flexibility index (Phi) is 2.22. The highest BCUT2D eigenvalue weighted by atomic mass is 16.5. The van der Waals surface area contributed by atoms with Gasteiger partial charge in [0.1, 0.15) is 0 Å². The summed E-state index contributed by atoms with van der Waals surface area (Å²) in [7, 11) is 0. The zero-order valence-corrected chi connectivity index (χ0v) is 6.52. The second kappa shape index (κ2) is 2.25. The third-order valence-electron chi connectivity index (χ3n) is 1.89. The molecular weight excluding hydrogens is 116 g/mol. The lowest BCUT2D eigenvalue weighted by molar-refractivity contribution is 0.0431. The van der Waals surface area contributed by atoms with Crippen LogP contribution in [0, 0.1) is 0 Å². The van der Waals surface area contributed by atoms with Crippen molar-refractivity contribution >= 4 is 0 Å². The summed E-state index contributed by atoms with van der Waals surface area (Å²) in [5.74, 6) is 0. The fraction of sp³-hybridized carbons (Fsp3) is 1.00. The van der Waals surface area contributed by atoms with Crippen molar-refractivity contribution in [3.63, 3.8) is 0 Å². The molecule has 0 aliphatic heterocycles. The van der Waals surface area contributed by atoms with Crippen molar-refractivity contribution in [1.82, 2.24) is 5.48 Å². The van der Waals surface area contributed by atoms with Gasteiger partial charge in [0.15, 0.2) is 0 Å². The van der Waals surface area contributed by atoms with Gasteiger partial charge in [-0.15, -0.1) is 0 Å². The molecule has 4 N–H and O–H groups in total. The molecular formula is C6H16N2O. The van der Waals surface area contributed by atoms with E-state index in [4.69, 9.17) is 10.9 Å². The Hall–Kier alpha value is -0.120. The van der Waals surface area contributed by atoms with Crippen LogP contribution in [0.3, 0.4) is 0 Å². The van der Waals surface area contributed by atoms with E-state index >= 15 is 0 Å². The molecule has 0 amide bonds. The highest BCUT2D eigenvalue weighted by Gasteiger charge is 2.32. The zero-order valence-electron chi connectivity index (χ0n) is 6.52. The van der Waals surface area contributed by atoms with E-state index in [9.17, 15) is 0 Å². The molecule has 3 heteroatoms. The Morgan fingerprint density at radius 2 is 1.56 bits per heavy atom. The zero-order chi connectivity index (χ0) is 7.71. The van der Waals surface area contributed by atoms with Gasteiger partial charge in [-0.2, -0.15) is 5.48 Å². The fourth-order valence-electron chi connectivity index (χ4n) is 0.144. The van der Waals surface area contributed by atoms with Crippen molar-refractivity contribution in [2.45, 2.75) is 38.8 Å². The van der Waals surface area contributed by atoms with Crippen molar-refractivity contribution < 1.29 is 5.21 Å². The fourth-order valence-corrected chi connectivity index (χ4v) is 0.144. The van der Waals surface area contributed by atoms with Crippen molar-refractivity contribution in [3.8, 4) is 0 Å². The molecule has 3 nitrogen and oxygen atoms in total. The smallest absolute Gasteiger partial charge is 0.0547 e. The summed E-state index contributed by atoms with van der Waals surface area (Å²) in [4.78, 5) is 0. The van der Waals surface area contributed by atoms with Gasteiger partial charge in [0.25, 0.3) is 0 Å². The van der Waals surface area contributed by atoms with Crippen LogP contribution < -0.4 is 11.2 Å². The van der Waals surface area contributed by atoms with Crippen LogP contribution in [0.2, 0.25) is 0 Å². The molecule has 0 heterocycles. The van der Waals surface area contributed by atoms with Crippen LogP contribution in [-0.2, 0) is 0 Å². The molecule has 0 atom stereocenters. The highest BCUT2D eigenvalue weighted by molar-refractivity contribution is 4.94. The number of nitrogens with one attached hydrogen (secondary N) is 1. The van der Waals surface area contributed by atoms with E-state index in [1.54, 1.807) is 0 Å². The molecule has 56 valence electrons. The Bertz CT molecular complexity index is 93.7. The minimum Gasteiger partial charge on any atom is -0.324 e. The maximum Gasteiger partial charge on any atom is 0.0547 e. The third-order valence-corrected chi connectivity index (χ3v) is 1.89. The largest absolute Gasteiger partial charge is 0.324 e. The number of rotatable bonds is 2. The molecule has 0 aliphatic rings. The van der Waals surface area contributed by atoms with E-state index in [-0.39, 0.29) is 0 Å². The summed E-state index contributed by atoms with van der Waals surface area (Å²) in [6.45, 7) is 7.40. The molecule has 0 saturated carbocycles. The Morgan fingerprint density at radius 1 is 1.22 bits per heavy atom.